The number of carbonyl (C=O) groups is 2. The molecule has 0 fully saturated rings. The summed E-state index contributed by atoms with van der Waals surface area (Å²) < 4.78 is 32.8. The van der Waals surface area contributed by atoms with E-state index in [1.54, 1.807) is 0 Å². The summed E-state index contributed by atoms with van der Waals surface area (Å²) >= 11 is 0. The molecular formula is C44H82NO8P. The number of carbonyl (C=O) groups excluding carboxylic acids is 2. The Kier molecular flexibility index (Phi) is 39.5. The Balaban J connectivity index is 4.17. The predicted molar refractivity (Wildman–Crippen MR) is 224 cm³/mol. The minimum absolute atomic E-state index is 0.0506. The van der Waals surface area contributed by atoms with Crippen LogP contribution in [-0.2, 0) is 32.7 Å². The zero-order chi connectivity index (χ0) is 39.6. The van der Waals surface area contributed by atoms with Crippen molar-refractivity contribution in [3.63, 3.8) is 0 Å². The molecule has 0 amide bonds. The molecule has 0 aromatic carbocycles. The predicted octanol–water partition coefficient (Wildman–Crippen LogP) is 12.6. The highest BCUT2D eigenvalue weighted by Crippen LogP contribution is 2.43. The summed E-state index contributed by atoms with van der Waals surface area (Å²) in [7, 11) is -4.38. The molecule has 3 N–H and O–H groups in total. The number of hydrogen-bond donors (Lipinski definition) is 2. The van der Waals surface area contributed by atoms with Crippen molar-refractivity contribution in [3.05, 3.63) is 36.5 Å². The second kappa shape index (κ2) is 40.9. The lowest BCUT2D eigenvalue weighted by atomic mass is 10.1. The molecule has 0 aromatic heterocycles. The van der Waals surface area contributed by atoms with E-state index < -0.39 is 32.5 Å². The maximum absolute atomic E-state index is 12.6. The first-order valence-electron chi connectivity index (χ1n) is 22.0. The minimum Gasteiger partial charge on any atom is -0.462 e. The van der Waals surface area contributed by atoms with Crippen LogP contribution in [0.5, 0.6) is 0 Å². The fourth-order valence-corrected chi connectivity index (χ4v) is 6.72. The molecule has 316 valence electrons. The van der Waals surface area contributed by atoms with Gasteiger partial charge in [0.25, 0.3) is 0 Å². The standard InChI is InChI=1S/C44H82NO8P/c1-3-5-7-9-11-13-15-17-19-20-21-23-25-27-29-31-33-35-37-44(47)53-42(41-52-54(48,49)51-39-38-45)40-50-43(46)36-34-32-30-28-26-24-22-18-16-14-12-10-8-6-4-2/h13,15,18-20,22,42H,3-12,14,16-17,21,23-41,45H2,1-2H3,(H,48,49)/b15-13-,20-19-,22-18-. The second-order valence-corrected chi connectivity index (χ2v) is 16.0. The highest BCUT2D eigenvalue weighted by molar-refractivity contribution is 7.47. The van der Waals surface area contributed by atoms with Crippen LogP contribution in [0.4, 0.5) is 0 Å². The number of hydrogen-bond acceptors (Lipinski definition) is 8. The second-order valence-electron chi connectivity index (χ2n) is 14.6. The van der Waals surface area contributed by atoms with Crippen molar-refractivity contribution in [2.75, 3.05) is 26.4 Å². The highest BCUT2D eigenvalue weighted by atomic mass is 31.2. The summed E-state index contributed by atoms with van der Waals surface area (Å²) in [5.74, 6) is -0.845. The van der Waals surface area contributed by atoms with Crippen molar-refractivity contribution in [1.82, 2.24) is 0 Å². The van der Waals surface area contributed by atoms with Gasteiger partial charge in [0.15, 0.2) is 6.10 Å². The van der Waals surface area contributed by atoms with Gasteiger partial charge in [-0.15, -0.1) is 0 Å². The minimum atomic E-state index is -4.38. The highest BCUT2D eigenvalue weighted by Gasteiger charge is 2.26. The molecule has 0 radical (unpaired) electrons. The van der Waals surface area contributed by atoms with E-state index in [2.05, 4.69) is 50.3 Å². The third-order valence-electron chi connectivity index (χ3n) is 9.25. The molecule has 0 spiro atoms. The largest absolute Gasteiger partial charge is 0.472 e. The van der Waals surface area contributed by atoms with Crippen LogP contribution >= 0.6 is 7.82 Å². The number of phosphoric ester groups is 1. The van der Waals surface area contributed by atoms with E-state index in [0.29, 0.717) is 6.42 Å². The molecule has 10 heteroatoms. The van der Waals surface area contributed by atoms with E-state index in [9.17, 15) is 19.0 Å². The van der Waals surface area contributed by atoms with Crippen molar-refractivity contribution in [2.45, 2.75) is 206 Å². The molecule has 2 unspecified atom stereocenters. The molecule has 9 nitrogen and oxygen atoms in total. The van der Waals surface area contributed by atoms with Gasteiger partial charge in [0, 0.05) is 19.4 Å². The number of esters is 2. The van der Waals surface area contributed by atoms with Crippen molar-refractivity contribution in [2.24, 2.45) is 5.73 Å². The Morgan fingerprint density at radius 3 is 1.44 bits per heavy atom. The molecular weight excluding hydrogens is 701 g/mol. The fraction of sp³-hybridized carbons (Fsp3) is 0.818. The number of unbranched alkanes of at least 4 members (excludes halogenated alkanes) is 22. The van der Waals surface area contributed by atoms with E-state index >= 15 is 0 Å². The summed E-state index contributed by atoms with van der Waals surface area (Å²) in [4.78, 5) is 34.9. The monoisotopic (exact) mass is 784 g/mol. The molecule has 0 aromatic rings. The molecule has 0 rings (SSSR count). The van der Waals surface area contributed by atoms with Crippen LogP contribution in [0.25, 0.3) is 0 Å². The average Bonchev–Trinajstić information content (AvgIpc) is 3.16. The number of allylic oxidation sites excluding steroid dienone is 6. The summed E-state index contributed by atoms with van der Waals surface area (Å²) in [5, 5.41) is 0. The zero-order valence-electron chi connectivity index (χ0n) is 34.7. The molecule has 54 heavy (non-hydrogen) atoms. The normalized spacial score (nSPS) is 13.6. The van der Waals surface area contributed by atoms with E-state index in [1.807, 2.05) is 0 Å². The van der Waals surface area contributed by atoms with Crippen molar-refractivity contribution in [3.8, 4) is 0 Å². The summed E-state index contributed by atoms with van der Waals surface area (Å²) in [5.41, 5.74) is 5.35. The smallest absolute Gasteiger partial charge is 0.462 e. The van der Waals surface area contributed by atoms with Crippen molar-refractivity contribution >= 4 is 19.8 Å². The van der Waals surface area contributed by atoms with Gasteiger partial charge in [0.1, 0.15) is 6.61 Å². The Bertz CT molecular complexity index is 986. The van der Waals surface area contributed by atoms with E-state index in [4.69, 9.17) is 24.3 Å². The summed E-state index contributed by atoms with van der Waals surface area (Å²) in [6, 6.07) is 0. The van der Waals surface area contributed by atoms with Gasteiger partial charge in [-0.1, -0.05) is 153 Å². The molecule has 0 saturated heterocycles. The lowest BCUT2D eigenvalue weighted by Gasteiger charge is -2.19. The zero-order valence-corrected chi connectivity index (χ0v) is 35.6. The maximum Gasteiger partial charge on any atom is 0.472 e. The third kappa shape index (κ3) is 39.9. The van der Waals surface area contributed by atoms with Gasteiger partial charge in [-0.05, 0) is 70.6 Å². The summed E-state index contributed by atoms with van der Waals surface area (Å²) in [6.45, 7) is 3.70. The Morgan fingerprint density at radius 2 is 0.963 bits per heavy atom. The molecule has 0 aliphatic carbocycles. The van der Waals surface area contributed by atoms with Gasteiger partial charge < -0.3 is 20.1 Å². The van der Waals surface area contributed by atoms with Crippen LogP contribution in [-0.4, -0.2) is 49.3 Å². The lowest BCUT2D eigenvalue weighted by molar-refractivity contribution is -0.161. The van der Waals surface area contributed by atoms with Gasteiger partial charge in [0.2, 0.25) is 0 Å². The molecule has 0 saturated carbocycles. The lowest BCUT2D eigenvalue weighted by Crippen LogP contribution is -2.29. The van der Waals surface area contributed by atoms with Gasteiger partial charge in [-0.2, -0.15) is 0 Å². The van der Waals surface area contributed by atoms with Crippen LogP contribution in [0.15, 0.2) is 36.5 Å². The maximum atomic E-state index is 12.6. The number of rotatable bonds is 41. The van der Waals surface area contributed by atoms with Crippen LogP contribution < -0.4 is 5.73 Å². The Morgan fingerprint density at radius 1 is 0.556 bits per heavy atom. The van der Waals surface area contributed by atoms with Crippen LogP contribution in [0, 0.1) is 0 Å². The first kappa shape index (κ1) is 52.2. The summed E-state index contributed by atoms with van der Waals surface area (Å²) in [6.07, 6.45) is 44.5. The molecule has 0 aliphatic heterocycles. The first-order chi connectivity index (χ1) is 26.3. The quantitative estimate of drug-likeness (QED) is 0.0269. The third-order valence-corrected chi connectivity index (χ3v) is 10.2. The van der Waals surface area contributed by atoms with Crippen LogP contribution in [0.1, 0.15) is 200 Å². The van der Waals surface area contributed by atoms with Gasteiger partial charge in [-0.3, -0.25) is 18.6 Å². The number of nitrogens with two attached hydrogens (primary N) is 1. The Labute approximate surface area is 331 Å². The van der Waals surface area contributed by atoms with Crippen LogP contribution in [0.2, 0.25) is 0 Å². The van der Waals surface area contributed by atoms with Crippen LogP contribution in [0.3, 0.4) is 0 Å². The number of ether oxygens (including phenoxy) is 2. The SMILES string of the molecule is CCCCCC/C=C\C/C=C\CCCCCCCCCC(=O)OC(COC(=O)CCCCCCC/C=C\CCCCCCCC)COP(=O)(O)OCCN. The average molecular weight is 784 g/mol. The van der Waals surface area contributed by atoms with E-state index in [0.717, 1.165) is 70.6 Å². The van der Waals surface area contributed by atoms with Gasteiger partial charge in [0.05, 0.1) is 13.2 Å². The topological polar surface area (TPSA) is 134 Å². The number of phosphoric acid groups is 1. The van der Waals surface area contributed by atoms with Crippen molar-refractivity contribution in [1.29, 1.82) is 0 Å². The van der Waals surface area contributed by atoms with E-state index in [1.165, 1.54) is 96.3 Å². The molecule has 2 atom stereocenters. The van der Waals surface area contributed by atoms with E-state index in [-0.39, 0.29) is 32.6 Å². The van der Waals surface area contributed by atoms with Gasteiger partial charge >= 0.3 is 19.8 Å². The fourth-order valence-electron chi connectivity index (χ4n) is 5.95. The molecule has 0 bridgehead atoms. The molecule has 0 heterocycles. The van der Waals surface area contributed by atoms with Gasteiger partial charge in [-0.25, -0.2) is 4.57 Å². The molecule has 0 aliphatic rings. The van der Waals surface area contributed by atoms with Crippen molar-refractivity contribution < 1.29 is 37.6 Å². The Hall–Kier alpha value is -1.77. The first-order valence-corrected chi connectivity index (χ1v) is 23.5.